The molecule has 0 radical (unpaired) electrons. The second kappa shape index (κ2) is 8.13. The maximum Gasteiger partial charge on any atom is 0.338 e. The van der Waals surface area contributed by atoms with Crippen molar-refractivity contribution in [3.05, 3.63) is 100 Å². The van der Waals surface area contributed by atoms with Crippen LogP contribution in [-0.4, -0.2) is 22.1 Å². The first-order valence-electron chi connectivity index (χ1n) is 10.2. The number of esters is 1. The van der Waals surface area contributed by atoms with E-state index >= 15 is 0 Å². The summed E-state index contributed by atoms with van der Waals surface area (Å²) in [6.45, 7) is 1.99. The third-order valence-electron chi connectivity index (χ3n) is 5.45. The molecule has 160 valence electrons. The number of fused-ring (bicyclic) bond motifs is 3. The monoisotopic (exact) mass is 447 g/mol. The zero-order valence-corrected chi connectivity index (χ0v) is 17.9. The number of ether oxygens (including phenoxy) is 1. The molecule has 0 saturated heterocycles. The molecule has 1 atom stereocenters. The van der Waals surface area contributed by atoms with Gasteiger partial charge in [0.05, 0.1) is 35.0 Å². The number of carbonyl (C=O) groups is 1. The minimum Gasteiger partial charge on any atom is -0.463 e. The van der Waals surface area contributed by atoms with E-state index in [0.717, 1.165) is 16.6 Å². The summed E-state index contributed by atoms with van der Waals surface area (Å²) in [6, 6.07) is 20.6. The van der Waals surface area contributed by atoms with Gasteiger partial charge in [0.2, 0.25) is 5.95 Å². The Labute approximate surface area is 189 Å². The Bertz CT molecular complexity index is 1340. The summed E-state index contributed by atoms with van der Waals surface area (Å²) in [5, 5.41) is 3.90. The van der Waals surface area contributed by atoms with Crippen LogP contribution in [0.1, 0.15) is 24.1 Å². The number of halogens is 2. The van der Waals surface area contributed by atoms with Gasteiger partial charge >= 0.3 is 5.97 Å². The number of hydrogen-bond acceptors (Lipinski definition) is 4. The summed E-state index contributed by atoms with van der Waals surface area (Å²) in [7, 11) is 0. The molecule has 0 aliphatic carbocycles. The van der Waals surface area contributed by atoms with Crippen molar-refractivity contribution in [2.45, 2.75) is 13.0 Å². The number of imidazole rings is 1. The lowest BCUT2D eigenvalue weighted by Crippen LogP contribution is -2.29. The highest BCUT2D eigenvalue weighted by Gasteiger charge is 2.36. The van der Waals surface area contributed by atoms with Crippen LogP contribution in [0.25, 0.3) is 16.7 Å². The van der Waals surface area contributed by atoms with Crippen molar-refractivity contribution < 1.29 is 13.9 Å². The average molecular weight is 448 g/mol. The Balaban J connectivity index is 1.82. The standard InChI is InChI=1S/C25H19ClFN3O2/c1-2-32-24(31)21-22(15-9-13-18(27)14-10-15)29-25-28-19-5-3-4-6-20(19)30(25)23(21)16-7-11-17(26)12-8-16/h3-14,23H,2H2,1H3,(H,28,29)/t23-/m1/s1. The van der Waals surface area contributed by atoms with Crippen LogP contribution >= 0.6 is 11.6 Å². The molecule has 1 N–H and O–H groups in total. The van der Waals surface area contributed by atoms with Crippen LogP contribution in [0.5, 0.6) is 0 Å². The largest absolute Gasteiger partial charge is 0.463 e. The van der Waals surface area contributed by atoms with Crippen molar-refractivity contribution in [2.24, 2.45) is 0 Å². The van der Waals surface area contributed by atoms with Gasteiger partial charge in [-0.25, -0.2) is 14.2 Å². The SMILES string of the molecule is CCOC(=O)C1=C(c2ccc(F)cc2)Nc2nc3ccccc3n2[C@@H]1c1ccc(Cl)cc1. The van der Waals surface area contributed by atoms with Crippen LogP contribution in [0.3, 0.4) is 0 Å². The van der Waals surface area contributed by atoms with E-state index in [9.17, 15) is 9.18 Å². The number of hydrogen-bond donors (Lipinski definition) is 1. The lowest BCUT2D eigenvalue weighted by atomic mass is 9.92. The molecule has 1 aliphatic rings. The zero-order chi connectivity index (χ0) is 22.2. The van der Waals surface area contributed by atoms with Crippen LogP contribution < -0.4 is 5.32 Å². The number of rotatable bonds is 4. The minimum absolute atomic E-state index is 0.226. The summed E-state index contributed by atoms with van der Waals surface area (Å²) in [4.78, 5) is 18.1. The zero-order valence-electron chi connectivity index (χ0n) is 17.2. The Kier molecular flexibility index (Phi) is 5.15. The second-order valence-corrected chi connectivity index (χ2v) is 7.83. The Morgan fingerprint density at radius 2 is 1.81 bits per heavy atom. The van der Waals surface area contributed by atoms with Crippen molar-refractivity contribution >= 4 is 40.2 Å². The van der Waals surface area contributed by atoms with E-state index in [1.807, 2.05) is 41.0 Å². The van der Waals surface area contributed by atoms with Crippen molar-refractivity contribution in [3.63, 3.8) is 0 Å². The van der Waals surface area contributed by atoms with Gasteiger partial charge in [-0.1, -0.05) is 35.9 Å². The molecule has 0 amide bonds. The highest BCUT2D eigenvalue weighted by atomic mass is 35.5. The van der Waals surface area contributed by atoms with Gasteiger partial charge in [-0.2, -0.15) is 0 Å². The Morgan fingerprint density at radius 1 is 1.09 bits per heavy atom. The third-order valence-corrected chi connectivity index (χ3v) is 5.70. The molecule has 1 aliphatic heterocycles. The first-order valence-corrected chi connectivity index (χ1v) is 10.6. The first-order chi connectivity index (χ1) is 15.6. The van der Waals surface area contributed by atoms with E-state index in [0.29, 0.717) is 27.8 Å². The molecule has 32 heavy (non-hydrogen) atoms. The fourth-order valence-electron chi connectivity index (χ4n) is 4.07. The van der Waals surface area contributed by atoms with Crippen molar-refractivity contribution in [3.8, 4) is 0 Å². The molecule has 1 aromatic heterocycles. The van der Waals surface area contributed by atoms with Gasteiger partial charge in [-0.15, -0.1) is 0 Å². The van der Waals surface area contributed by atoms with Gasteiger partial charge in [-0.3, -0.25) is 4.57 Å². The maximum absolute atomic E-state index is 13.6. The number of aromatic nitrogens is 2. The van der Waals surface area contributed by atoms with Gasteiger partial charge < -0.3 is 10.1 Å². The fourth-order valence-corrected chi connectivity index (χ4v) is 4.19. The predicted octanol–water partition coefficient (Wildman–Crippen LogP) is 5.82. The van der Waals surface area contributed by atoms with Crippen molar-refractivity contribution in [2.75, 3.05) is 11.9 Å². The molecule has 3 aromatic carbocycles. The highest BCUT2D eigenvalue weighted by Crippen LogP contribution is 2.42. The number of nitrogens with one attached hydrogen (secondary N) is 1. The van der Waals surface area contributed by atoms with Gasteiger partial charge in [0.15, 0.2) is 0 Å². The molecule has 0 spiro atoms. The lowest BCUT2D eigenvalue weighted by molar-refractivity contribution is -0.138. The molecule has 5 rings (SSSR count). The molecular weight excluding hydrogens is 429 g/mol. The summed E-state index contributed by atoms with van der Waals surface area (Å²) in [5.41, 5.74) is 4.12. The molecular formula is C25H19ClFN3O2. The number of anilines is 1. The van der Waals surface area contributed by atoms with Gasteiger partial charge in [0.1, 0.15) is 5.82 Å². The van der Waals surface area contributed by atoms with E-state index in [2.05, 4.69) is 5.32 Å². The first kappa shape index (κ1) is 20.3. The lowest BCUT2D eigenvalue weighted by Gasteiger charge is -2.31. The van der Waals surface area contributed by atoms with E-state index in [4.69, 9.17) is 21.3 Å². The van der Waals surface area contributed by atoms with Crippen LogP contribution in [-0.2, 0) is 9.53 Å². The van der Waals surface area contributed by atoms with Crippen molar-refractivity contribution in [1.82, 2.24) is 9.55 Å². The van der Waals surface area contributed by atoms with E-state index < -0.39 is 12.0 Å². The molecule has 0 unspecified atom stereocenters. The van der Waals surface area contributed by atoms with Gasteiger partial charge in [0, 0.05) is 5.02 Å². The quantitative estimate of drug-likeness (QED) is 0.400. The molecule has 0 bridgehead atoms. The Morgan fingerprint density at radius 3 is 2.53 bits per heavy atom. The van der Waals surface area contributed by atoms with Crippen LogP contribution in [0.4, 0.5) is 10.3 Å². The normalized spacial score (nSPS) is 15.4. The van der Waals surface area contributed by atoms with E-state index in [1.54, 1.807) is 31.2 Å². The summed E-state index contributed by atoms with van der Waals surface area (Å²) in [5.74, 6) is -0.231. The number of carbonyl (C=O) groups excluding carboxylic acids is 1. The second-order valence-electron chi connectivity index (χ2n) is 7.39. The fraction of sp³-hybridized carbons (Fsp3) is 0.120. The van der Waals surface area contributed by atoms with Crippen molar-refractivity contribution in [1.29, 1.82) is 0 Å². The van der Waals surface area contributed by atoms with E-state index in [-0.39, 0.29) is 12.4 Å². The molecule has 5 nitrogen and oxygen atoms in total. The predicted molar refractivity (Wildman–Crippen MR) is 123 cm³/mol. The smallest absolute Gasteiger partial charge is 0.338 e. The highest BCUT2D eigenvalue weighted by molar-refractivity contribution is 6.30. The number of nitrogens with zero attached hydrogens (tertiary/aromatic N) is 2. The number of para-hydroxylation sites is 2. The maximum atomic E-state index is 13.6. The van der Waals surface area contributed by atoms with Gasteiger partial charge in [-0.05, 0) is 66.6 Å². The molecule has 0 saturated carbocycles. The topological polar surface area (TPSA) is 56.1 Å². The van der Waals surface area contributed by atoms with Crippen LogP contribution in [0, 0.1) is 5.82 Å². The molecule has 2 heterocycles. The molecule has 7 heteroatoms. The van der Waals surface area contributed by atoms with Gasteiger partial charge in [0.25, 0.3) is 0 Å². The summed E-state index contributed by atoms with van der Waals surface area (Å²) in [6.07, 6.45) is 0. The minimum atomic E-state index is -0.519. The molecule has 0 fully saturated rings. The third kappa shape index (κ3) is 3.42. The average Bonchev–Trinajstić information content (AvgIpc) is 3.17. The molecule has 4 aromatic rings. The summed E-state index contributed by atoms with van der Waals surface area (Å²) >= 11 is 6.14. The summed E-state index contributed by atoms with van der Waals surface area (Å²) < 4.78 is 21.1. The van der Waals surface area contributed by atoms with Crippen LogP contribution in [0.2, 0.25) is 5.02 Å². The Hall–Kier alpha value is -3.64. The van der Waals surface area contributed by atoms with E-state index in [1.165, 1.54) is 12.1 Å². The van der Waals surface area contributed by atoms with Crippen LogP contribution in [0.15, 0.2) is 78.4 Å². The number of benzene rings is 3.